The lowest BCUT2D eigenvalue weighted by Gasteiger charge is -2.19. The highest BCUT2D eigenvalue weighted by atomic mass is 32.1. The highest BCUT2D eigenvalue weighted by Crippen LogP contribution is 2.51. The Bertz CT molecular complexity index is 698. The summed E-state index contributed by atoms with van der Waals surface area (Å²) >= 11 is 1.50. The molecule has 112 valence electrons. The van der Waals surface area contributed by atoms with Crippen molar-refractivity contribution in [1.82, 2.24) is 5.32 Å². The molecule has 1 aliphatic rings. The van der Waals surface area contributed by atoms with Gasteiger partial charge in [-0.3, -0.25) is 4.79 Å². The van der Waals surface area contributed by atoms with Gasteiger partial charge in [-0.25, -0.2) is 0 Å². The Morgan fingerprint density at radius 2 is 2.14 bits per heavy atom. The minimum atomic E-state index is -0.0278. The summed E-state index contributed by atoms with van der Waals surface area (Å²) in [5.41, 5.74) is 8.28. The zero-order chi connectivity index (χ0) is 15.2. The summed E-state index contributed by atoms with van der Waals surface area (Å²) in [5.74, 6) is 0.583. The normalized spacial score (nSPS) is 16.4. The number of hydrogen-bond donors (Lipinski definition) is 2. The Hall–Kier alpha value is -1.55. The second kappa shape index (κ2) is 5.02. The number of amides is 1. The maximum atomic E-state index is 12.5. The van der Waals surface area contributed by atoms with Crippen molar-refractivity contribution in [1.29, 1.82) is 0 Å². The van der Waals surface area contributed by atoms with Crippen LogP contribution in [0.25, 0.3) is 10.1 Å². The molecule has 21 heavy (non-hydrogen) atoms. The number of nitrogen functional groups attached to an aromatic ring is 1. The molecule has 1 aromatic carbocycles. The number of aryl methyl sites for hydroxylation is 1. The predicted molar refractivity (Wildman–Crippen MR) is 89.8 cm³/mol. The van der Waals surface area contributed by atoms with E-state index in [1.165, 1.54) is 29.7 Å². The highest BCUT2D eigenvalue weighted by molar-refractivity contribution is 7.21. The molecule has 2 aromatic rings. The molecule has 3 rings (SSSR count). The van der Waals surface area contributed by atoms with E-state index in [1.807, 2.05) is 12.1 Å². The molecule has 1 saturated carbocycles. The smallest absolute Gasteiger partial charge is 0.263 e. The average molecular weight is 302 g/mol. The third kappa shape index (κ3) is 2.42. The lowest BCUT2D eigenvalue weighted by atomic mass is 9.92. The van der Waals surface area contributed by atoms with Crippen LogP contribution in [0.15, 0.2) is 18.2 Å². The number of carbonyl (C=O) groups is 1. The number of rotatable bonds is 4. The van der Waals surface area contributed by atoms with Crippen LogP contribution >= 0.6 is 11.3 Å². The van der Waals surface area contributed by atoms with Crippen LogP contribution in [-0.4, -0.2) is 12.5 Å². The van der Waals surface area contributed by atoms with Gasteiger partial charge >= 0.3 is 0 Å². The highest BCUT2D eigenvalue weighted by Gasteiger charge is 2.45. The SMILES string of the molecule is Cc1cccc2c(N)c(C(=O)NCC3(C(C)C)CC3)sc12. The number of benzene rings is 1. The summed E-state index contributed by atoms with van der Waals surface area (Å²) in [6, 6.07) is 6.03. The van der Waals surface area contributed by atoms with Crippen LogP contribution in [0.2, 0.25) is 0 Å². The van der Waals surface area contributed by atoms with Crippen LogP contribution in [0, 0.1) is 18.3 Å². The number of anilines is 1. The van der Waals surface area contributed by atoms with Crippen molar-refractivity contribution in [3.63, 3.8) is 0 Å². The minimum Gasteiger partial charge on any atom is -0.397 e. The molecule has 0 radical (unpaired) electrons. The van der Waals surface area contributed by atoms with Crippen molar-refractivity contribution >= 4 is 33.0 Å². The zero-order valence-electron chi connectivity index (χ0n) is 12.8. The van der Waals surface area contributed by atoms with Crippen molar-refractivity contribution < 1.29 is 4.79 Å². The molecule has 1 aliphatic carbocycles. The Kier molecular flexibility index (Phi) is 3.44. The van der Waals surface area contributed by atoms with Gasteiger partial charge in [0.2, 0.25) is 0 Å². The van der Waals surface area contributed by atoms with E-state index >= 15 is 0 Å². The lowest BCUT2D eigenvalue weighted by molar-refractivity contribution is 0.0944. The summed E-state index contributed by atoms with van der Waals surface area (Å²) in [5, 5.41) is 4.09. The lowest BCUT2D eigenvalue weighted by Crippen LogP contribution is -2.32. The second-order valence-corrected chi connectivity index (χ2v) is 7.52. The van der Waals surface area contributed by atoms with E-state index in [1.54, 1.807) is 0 Å². The van der Waals surface area contributed by atoms with Gasteiger partial charge in [-0.2, -0.15) is 0 Å². The standard InChI is InChI=1S/C17H22N2OS/c1-10(2)17(7-8-17)9-19-16(20)15-13(18)12-6-4-5-11(3)14(12)21-15/h4-6,10H,7-9,18H2,1-3H3,(H,19,20). The van der Waals surface area contributed by atoms with E-state index < -0.39 is 0 Å². The fourth-order valence-electron chi connectivity index (χ4n) is 2.90. The first kappa shape index (κ1) is 14.4. The van der Waals surface area contributed by atoms with Crippen molar-refractivity contribution in [3.8, 4) is 0 Å². The van der Waals surface area contributed by atoms with E-state index in [4.69, 9.17) is 5.73 Å². The molecular weight excluding hydrogens is 280 g/mol. The fraction of sp³-hybridized carbons (Fsp3) is 0.471. The van der Waals surface area contributed by atoms with E-state index in [0.717, 1.165) is 16.6 Å². The van der Waals surface area contributed by atoms with Gasteiger partial charge in [0.1, 0.15) is 4.88 Å². The molecule has 0 saturated heterocycles. The molecule has 1 aromatic heterocycles. The molecule has 1 fully saturated rings. The van der Waals surface area contributed by atoms with Crippen LogP contribution in [0.1, 0.15) is 41.9 Å². The monoisotopic (exact) mass is 302 g/mol. The number of hydrogen-bond acceptors (Lipinski definition) is 3. The van der Waals surface area contributed by atoms with Gasteiger partial charge in [0.05, 0.1) is 5.69 Å². The number of carbonyl (C=O) groups excluding carboxylic acids is 1. The molecule has 3 nitrogen and oxygen atoms in total. The van der Waals surface area contributed by atoms with E-state index in [2.05, 4.69) is 32.2 Å². The maximum absolute atomic E-state index is 12.5. The molecule has 0 bridgehead atoms. The molecule has 3 N–H and O–H groups in total. The summed E-state index contributed by atoms with van der Waals surface area (Å²) in [7, 11) is 0. The Morgan fingerprint density at radius 1 is 1.43 bits per heavy atom. The van der Waals surface area contributed by atoms with Crippen LogP contribution in [0.3, 0.4) is 0 Å². The summed E-state index contributed by atoms with van der Waals surface area (Å²) in [6.45, 7) is 7.28. The van der Waals surface area contributed by atoms with Crippen LogP contribution in [-0.2, 0) is 0 Å². The van der Waals surface area contributed by atoms with Gasteiger partial charge in [-0.1, -0.05) is 32.0 Å². The third-order valence-corrected chi connectivity index (χ3v) is 6.23. The van der Waals surface area contributed by atoms with Gasteiger partial charge in [0, 0.05) is 16.6 Å². The van der Waals surface area contributed by atoms with E-state index in [0.29, 0.717) is 21.9 Å². The second-order valence-electron chi connectivity index (χ2n) is 6.50. The first-order valence-electron chi connectivity index (χ1n) is 7.50. The third-order valence-electron chi connectivity index (χ3n) is 4.88. The number of nitrogens with one attached hydrogen (secondary N) is 1. The van der Waals surface area contributed by atoms with Crippen LogP contribution in [0.4, 0.5) is 5.69 Å². The summed E-state index contributed by atoms with van der Waals surface area (Å²) < 4.78 is 1.12. The van der Waals surface area contributed by atoms with Gasteiger partial charge in [-0.15, -0.1) is 11.3 Å². The first-order valence-corrected chi connectivity index (χ1v) is 8.32. The van der Waals surface area contributed by atoms with Crippen molar-refractivity contribution in [2.45, 2.75) is 33.6 Å². The van der Waals surface area contributed by atoms with Crippen LogP contribution in [0.5, 0.6) is 0 Å². The Labute approximate surface area is 129 Å². The first-order chi connectivity index (χ1) is 9.94. The average Bonchev–Trinajstić information content (AvgIpc) is 3.17. The van der Waals surface area contributed by atoms with Crippen molar-refractivity contribution in [3.05, 3.63) is 28.6 Å². The molecule has 1 heterocycles. The molecule has 0 unspecified atom stereocenters. The van der Waals surface area contributed by atoms with E-state index in [9.17, 15) is 4.79 Å². The molecule has 0 spiro atoms. The predicted octanol–water partition coefficient (Wildman–Crippen LogP) is 3.96. The van der Waals surface area contributed by atoms with Gasteiger partial charge in [0.25, 0.3) is 5.91 Å². The molecule has 0 atom stereocenters. The summed E-state index contributed by atoms with van der Waals surface area (Å²) in [6.07, 6.45) is 2.43. The molecule has 1 amide bonds. The fourth-order valence-corrected chi connectivity index (χ4v) is 4.01. The molecule has 4 heteroatoms. The van der Waals surface area contributed by atoms with Crippen molar-refractivity contribution in [2.24, 2.45) is 11.3 Å². The number of fused-ring (bicyclic) bond motifs is 1. The number of thiophene rings is 1. The molecule has 0 aliphatic heterocycles. The van der Waals surface area contributed by atoms with Gasteiger partial charge in [0.15, 0.2) is 0 Å². The van der Waals surface area contributed by atoms with Gasteiger partial charge in [-0.05, 0) is 36.7 Å². The summed E-state index contributed by atoms with van der Waals surface area (Å²) in [4.78, 5) is 13.1. The minimum absolute atomic E-state index is 0.0278. The van der Waals surface area contributed by atoms with Gasteiger partial charge < -0.3 is 11.1 Å². The quantitative estimate of drug-likeness (QED) is 0.898. The Balaban J connectivity index is 1.82. The van der Waals surface area contributed by atoms with Crippen LogP contribution < -0.4 is 11.1 Å². The zero-order valence-corrected chi connectivity index (χ0v) is 13.6. The topological polar surface area (TPSA) is 55.1 Å². The number of nitrogens with two attached hydrogens (primary N) is 1. The van der Waals surface area contributed by atoms with E-state index in [-0.39, 0.29) is 5.91 Å². The maximum Gasteiger partial charge on any atom is 0.263 e. The van der Waals surface area contributed by atoms with Crippen molar-refractivity contribution in [2.75, 3.05) is 12.3 Å². The largest absolute Gasteiger partial charge is 0.397 e. The Morgan fingerprint density at radius 3 is 2.71 bits per heavy atom. The molecular formula is C17H22N2OS.